The molecule has 0 N–H and O–H groups in total. The Morgan fingerprint density at radius 2 is 1.21 bits per heavy atom. The molecule has 0 spiro atoms. The summed E-state index contributed by atoms with van der Waals surface area (Å²) < 4.78 is 130. The topological polar surface area (TPSA) is 17.1 Å². The minimum Gasteiger partial charge on any atom is -0.281 e. The first-order valence-electron chi connectivity index (χ1n) is 11.2. The van der Waals surface area contributed by atoms with E-state index in [2.05, 4.69) is 0 Å². The molecule has 0 atom stereocenters. The van der Waals surface area contributed by atoms with Crippen LogP contribution in [0.2, 0.25) is 0 Å². The van der Waals surface area contributed by atoms with Gasteiger partial charge in [0.15, 0.2) is 0 Å². The summed E-state index contributed by atoms with van der Waals surface area (Å²) in [4.78, 5) is 11.2. The molecule has 0 aliphatic rings. The van der Waals surface area contributed by atoms with E-state index in [0.29, 0.717) is 16.8 Å². The van der Waals surface area contributed by atoms with Crippen LogP contribution in [0, 0.1) is 0 Å². The molecular formula is C27H14ClF9O. The molecule has 0 amide bonds. The summed E-state index contributed by atoms with van der Waals surface area (Å²) in [6.07, 6.45) is -18.3. The molecule has 0 saturated carbocycles. The van der Waals surface area contributed by atoms with Crippen molar-refractivity contribution in [2.45, 2.75) is 37.8 Å². The third kappa shape index (κ3) is 4.09. The Kier molecular flexibility index (Phi) is 5.98. The van der Waals surface area contributed by atoms with Crippen LogP contribution in [0.25, 0.3) is 43.1 Å². The lowest BCUT2D eigenvalue weighted by Gasteiger charge is -2.27. The SMILES string of the molecule is O=C(Cl)CCCc1c(C(F)(F)F)c(C(F)(F)F)c2c3cccc4cccc(c5ccc(C(F)(F)F)c1c52)c43. The molecule has 0 aliphatic heterocycles. The normalized spacial score (nSPS) is 13.4. The average Bonchev–Trinajstić information content (AvgIpc) is 2.79. The highest BCUT2D eigenvalue weighted by atomic mass is 35.5. The van der Waals surface area contributed by atoms with Gasteiger partial charge in [0.1, 0.15) is 0 Å². The van der Waals surface area contributed by atoms with Gasteiger partial charge in [0, 0.05) is 11.8 Å². The van der Waals surface area contributed by atoms with Gasteiger partial charge in [-0.05, 0) is 73.8 Å². The first-order valence-corrected chi connectivity index (χ1v) is 11.6. The molecule has 11 heteroatoms. The first kappa shape index (κ1) is 26.3. The van der Waals surface area contributed by atoms with E-state index in [0.717, 1.165) is 6.07 Å². The zero-order valence-electron chi connectivity index (χ0n) is 18.9. The smallest absolute Gasteiger partial charge is 0.281 e. The number of carbonyl (C=O) groups excluding carboxylic acids is 1. The molecule has 0 aromatic heterocycles. The number of alkyl halides is 9. The molecule has 38 heavy (non-hydrogen) atoms. The van der Waals surface area contributed by atoms with Gasteiger partial charge in [0.25, 0.3) is 0 Å². The van der Waals surface area contributed by atoms with Crippen molar-refractivity contribution in [1.82, 2.24) is 0 Å². The summed E-state index contributed by atoms with van der Waals surface area (Å²) in [5.41, 5.74) is -6.89. The number of fused-ring (bicyclic) bond motifs is 2. The predicted molar refractivity (Wildman–Crippen MR) is 126 cm³/mol. The van der Waals surface area contributed by atoms with Crippen LogP contribution in [-0.2, 0) is 29.7 Å². The Labute approximate surface area is 213 Å². The van der Waals surface area contributed by atoms with Crippen molar-refractivity contribution in [2.24, 2.45) is 0 Å². The monoisotopic (exact) mass is 560 g/mol. The molecule has 0 radical (unpaired) electrons. The summed E-state index contributed by atoms with van der Waals surface area (Å²) in [5, 5.41) is -2.78. The number of carbonyl (C=O) groups is 1. The highest BCUT2D eigenvalue weighted by Gasteiger charge is 2.48. The van der Waals surface area contributed by atoms with Gasteiger partial charge in [-0.2, -0.15) is 39.5 Å². The lowest BCUT2D eigenvalue weighted by molar-refractivity contribution is -0.161. The van der Waals surface area contributed by atoms with Gasteiger partial charge in [-0.3, -0.25) is 4.79 Å². The highest BCUT2D eigenvalue weighted by Crippen LogP contribution is 2.54. The van der Waals surface area contributed by atoms with Gasteiger partial charge in [0.2, 0.25) is 5.24 Å². The standard InChI is InChI=1S/C27H14ClF9O/c28-18(38)9-3-8-16-20-17(25(29,30)31)11-10-14-13-6-1-4-12-5-2-7-15(19(12)13)22(21(14)20)24(27(35,36)37)23(16)26(32,33)34/h1-2,4-7,10-11H,3,8-9H2. The zero-order valence-corrected chi connectivity index (χ0v) is 19.7. The number of halogens is 10. The van der Waals surface area contributed by atoms with Gasteiger partial charge < -0.3 is 0 Å². The Bertz CT molecular complexity index is 1720. The van der Waals surface area contributed by atoms with E-state index >= 15 is 0 Å². The molecule has 0 unspecified atom stereocenters. The molecule has 198 valence electrons. The zero-order chi connectivity index (χ0) is 27.8. The summed E-state index contributed by atoms with van der Waals surface area (Å²) >= 11 is 5.26. The molecule has 5 aromatic rings. The van der Waals surface area contributed by atoms with Gasteiger partial charge in [-0.25, -0.2) is 0 Å². The van der Waals surface area contributed by atoms with Crippen molar-refractivity contribution in [1.29, 1.82) is 0 Å². The van der Waals surface area contributed by atoms with Gasteiger partial charge in [0.05, 0.1) is 16.7 Å². The second-order valence-corrected chi connectivity index (χ2v) is 9.35. The maximum Gasteiger partial charge on any atom is 0.417 e. The van der Waals surface area contributed by atoms with E-state index in [4.69, 9.17) is 11.6 Å². The van der Waals surface area contributed by atoms with E-state index in [1.165, 1.54) is 18.2 Å². The van der Waals surface area contributed by atoms with Crippen LogP contribution in [0.1, 0.15) is 35.1 Å². The number of aryl methyl sites for hydroxylation is 1. The quantitative estimate of drug-likeness (QED) is 0.0925. The highest BCUT2D eigenvalue weighted by molar-refractivity contribution is 6.63. The maximum atomic E-state index is 14.6. The Morgan fingerprint density at radius 1 is 0.632 bits per heavy atom. The summed E-state index contributed by atoms with van der Waals surface area (Å²) in [6, 6.07) is 10.3. The van der Waals surface area contributed by atoms with Crippen molar-refractivity contribution < 1.29 is 44.3 Å². The van der Waals surface area contributed by atoms with Crippen LogP contribution in [-0.4, -0.2) is 5.24 Å². The number of benzene rings is 5. The average molecular weight is 561 g/mol. The van der Waals surface area contributed by atoms with E-state index in [1.807, 2.05) is 0 Å². The van der Waals surface area contributed by atoms with Crippen LogP contribution in [0.4, 0.5) is 39.5 Å². The van der Waals surface area contributed by atoms with E-state index in [9.17, 15) is 44.3 Å². The second-order valence-electron chi connectivity index (χ2n) is 8.93. The molecule has 0 aliphatic carbocycles. The van der Waals surface area contributed by atoms with E-state index in [1.54, 1.807) is 18.2 Å². The summed E-state index contributed by atoms with van der Waals surface area (Å²) in [7, 11) is 0. The molecule has 5 aromatic carbocycles. The van der Waals surface area contributed by atoms with Crippen LogP contribution in [0.5, 0.6) is 0 Å². The van der Waals surface area contributed by atoms with Crippen LogP contribution >= 0.6 is 11.6 Å². The molecule has 0 saturated heterocycles. The third-order valence-electron chi connectivity index (χ3n) is 6.70. The van der Waals surface area contributed by atoms with Crippen LogP contribution in [0.15, 0.2) is 48.5 Å². The molecule has 0 fully saturated rings. The molecule has 5 rings (SSSR count). The van der Waals surface area contributed by atoms with Gasteiger partial charge in [-0.1, -0.05) is 42.5 Å². The Balaban J connectivity index is 2.18. The Morgan fingerprint density at radius 3 is 1.76 bits per heavy atom. The lowest BCUT2D eigenvalue weighted by atomic mass is 9.80. The summed E-state index contributed by atoms with van der Waals surface area (Å²) in [5.74, 6) is 0. The van der Waals surface area contributed by atoms with Crippen molar-refractivity contribution >= 4 is 59.9 Å². The van der Waals surface area contributed by atoms with Crippen LogP contribution < -0.4 is 0 Å². The van der Waals surface area contributed by atoms with Crippen molar-refractivity contribution in [3.63, 3.8) is 0 Å². The third-order valence-corrected chi connectivity index (χ3v) is 6.88. The van der Waals surface area contributed by atoms with Gasteiger partial charge in [-0.15, -0.1) is 0 Å². The minimum absolute atomic E-state index is 0.0406. The minimum atomic E-state index is -5.67. The van der Waals surface area contributed by atoms with Crippen molar-refractivity contribution in [3.05, 3.63) is 70.8 Å². The molecule has 0 heterocycles. The van der Waals surface area contributed by atoms with E-state index < -0.39 is 81.4 Å². The van der Waals surface area contributed by atoms with Crippen molar-refractivity contribution in [2.75, 3.05) is 0 Å². The largest absolute Gasteiger partial charge is 0.417 e. The fourth-order valence-corrected chi connectivity index (χ4v) is 5.59. The van der Waals surface area contributed by atoms with Crippen LogP contribution in [0.3, 0.4) is 0 Å². The van der Waals surface area contributed by atoms with E-state index in [-0.39, 0.29) is 16.2 Å². The molecule has 1 nitrogen and oxygen atoms in total. The fraction of sp³-hybridized carbons (Fsp3) is 0.222. The predicted octanol–water partition coefficient (Wildman–Crippen LogP) is 9.88. The first-order chi connectivity index (χ1) is 17.6. The fourth-order valence-electron chi connectivity index (χ4n) is 5.46. The number of rotatable bonds is 4. The Hall–Kier alpha value is -3.27. The lowest BCUT2D eigenvalue weighted by Crippen LogP contribution is -2.22. The number of hydrogen-bond donors (Lipinski definition) is 0. The second kappa shape index (κ2) is 8.62. The summed E-state index contributed by atoms with van der Waals surface area (Å²) in [6.45, 7) is 0. The number of hydrogen-bond acceptors (Lipinski definition) is 1. The van der Waals surface area contributed by atoms with Crippen molar-refractivity contribution in [3.8, 4) is 0 Å². The van der Waals surface area contributed by atoms with Gasteiger partial charge >= 0.3 is 18.5 Å². The maximum absolute atomic E-state index is 14.6. The molecule has 0 bridgehead atoms. The molecular weight excluding hydrogens is 547 g/mol.